The van der Waals surface area contributed by atoms with Crippen molar-refractivity contribution in [1.82, 2.24) is 5.32 Å². The van der Waals surface area contributed by atoms with Crippen molar-refractivity contribution < 1.29 is 9.47 Å². The van der Waals surface area contributed by atoms with Gasteiger partial charge in [0, 0.05) is 26.3 Å². The van der Waals surface area contributed by atoms with E-state index in [2.05, 4.69) is 67.8 Å². The number of hydrogen-bond acceptors (Lipinski definition) is 3. The molecule has 1 fully saturated rings. The molecule has 1 N–H and O–H groups in total. The average Bonchev–Trinajstić information content (AvgIpc) is 3.47. The van der Waals surface area contributed by atoms with E-state index in [4.69, 9.17) is 9.47 Å². The van der Waals surface area contributed by atoms with E-state index < -0.39 is 0 Å². The molecule has 43 heavy (non-hydrogen) atoms. The Balaban J connectivity index is 1.85. The Labute approximate surface area is 269 Å². The molecule has 1 aliphatic heterocycles. The quantitative estimate of drug-likeness (QED) is 0.0616. The third-order valence-corrected chi connectivity index (χ3v) is 8.46. The lowest BCUT2D eigenvalue weighted by Gasteiger charge is -2.20. The average molecular weight is 600 g/mol. The van der Waals surface area contributed by atoms with Crippen molar-refractivity contribution in [3.63, 3.8) is 0 Å². The van der Waals surface area contributed by atoms with Crippen molar-refractivity contribution >= 4 is 0 Å². The van der Waals surface area contributed by atoms with Gasteiger partial charge in [-0.2, -0.15) is 0 Å². The van der Waals surface area contributed by atoms with Crippen molar-refractivity contribution in [2.24, 2.45) is 0 Å². The molecular weight excluding hydrogens is 526 g/mol. The van der Waals surface area contributed by atoms with Crippen LogP contribution < -0.4 is 5.32 Å². The monoisotopic (exact) mass is 600 g/mol. The molecule has 0 radical (unpaired) electrons. The summed E-state index contributed by atoms with van der Waals surface area (Å²) in [4.78, 5) is 0. The highest BCUT2D eigenvalue weighted by molar-refractivity contribution is 4.93. The third kappa shape index (κ3) is 28.1. The van der Waals surface area contributed by atoms with Crippen LogP contribution in [-0.2, 0) is 9.47 Å². The molecule has 0 amide bonds. The first-order chi connectivity index (χ1) is 21.4. The Kier molecular flexibility index (Phi) is 31.3. The van der Waals surface area contributed by atoms with Crippen LogP contribution in [0.4, 0.5) is 0 Å². The summed E-state index contributed by atoms with van der Waals surface area (Å²) in [5.41, 5.74) is 0. The van der Waals surface area contributed by atoms with Gasteiger partial charge in [0.15, 0.2) is 0 Å². The predicted octanol–water partition coefficient (Wildman–Crippen LogP) is 12.0. The van der Waals surface area contributed by atoms with Gasteiger partial charge in [-0.05, 0) is 77.0 Å². The molecule has 0 saturated carbocycles. The minimum absolute atomic E-state index is 0.238. The lowest BCUT2D eigenvalue weighted by Crippen LogP contribution is -2.30. The fourth-order valence-electron chi connectivity index (χ4n) is 5.61. The van der Waals surface area contributed by atoms with E-state index in [-0.39, 0.29) is 12.2 Å². The number of allylic oxidation sites excluding steroid dienone is 8. The Morgan fingerprint density at radius 2 is 0.744 bits per heavy atom. The van der Waals surface area contributed by atoms with Gasteiger partial charge < -0.3 is 14.8 Å². The van der Waals surface area contributed by atoms with E-state index in [1.807, 2.05) is 0 Å². The van der Waals surface area contributed by atoms with Crippen LogP contribution >= 0.6 is 0 Å². The van der Waals surface area contributed by atoms with Gasteiger partial charge in [0.05, 0.1) is 12.2 Å². The fraction of sp³-hybridized carbons (Fsp3) is 0.800. The molecule has 0 aliphatic carbocycles. The van der Waals surface area contributed by atoms with Gasteiger partial charge in [-0.25, -0.2) is 0 Å². The summed E-state index contributed by atoms with van der Waals surface area (Å²) in [7, 11) is 0. The molecule has 1 heterocycles. The zero-order chi connectivity index (χ0) is 30.7. The molecule has 0 aromatic rings. The second-order valence-corrected chi connectivity index (χ2v) is 12.6. The van der Waals surface area contributed by atoms with Gasteiger partial charge in [0.2, 0.25) is 0 Å². The van der Waals surface area contributed by atoms with E-state index >= 15 is 0 Å². The molecule has 1 rings (SSSR count). The Hall–Kier alpha value is -1.16. The second kappa shape index (κ2) is 33.7. The Morgan fingerprint density at radius 1 is 0.419 bits per heavy atom. The topological polar surface area (TPSA) is 30.5 Å². The number of ether oxygens (including phenoxy) is 2. The summed E-state index contributed by atoms with van der Waals surface area (Å²) in [6, 6.07) is 0. The SMILES string of the molecule is CCCCC/C=C\C/C=C\CCCCCCCCOC1CNC[C@@H]1OCCCCCCCC/C=C\C/C=C\CCCCC. The molecule has 0 aromatic heterocycles. The van der Waals surface area contributed by atoms with Crippen LogP contribution in [0.2, 0.25) is 0 Å². The van der Waals surface area contributed by atoms with Crippen LogP contribution in [0, 0.1) is 0 Å². The van der Waals surface area contributed by atoms with Crippen LogP contribution in [0.25, 0.3) is 0 Å². The zero-order valence-corrected chi connectivity index (χ0v) is 28.9. The number of unbranched alkanes of at least 4 members (excludes halogenated alkanes) is 18. The number of nitrogens with one attached hydrogen (secondary N) is 1. The summed E-state index contributed by atoms with van der Waals surface area (Å²) in [5, 5.41) is 3.47. The largest absolute Gasteiger partial charge is 0.374 e. The minimum Gasteiger partial charge on any atom is -0.374 e. The summed E-state index contributed by atoms with van der Waals surface area (Å²) in [6.45, 7) is 8.17. The maximum Gasteiger partial charge on any atom is 0.0973 e. The van der Waals surface area contributed by atoms with E-state index in [1.165, 1.54) is 141 Å². The molecule has 2 atom stereocenters. The van der Waals surface area contributed by atoms with Gasteiger partial charge >= 0.3 is 0 Å². The summed E-state index contributed by atoms with van der Waals surface area (Å²) >= 11 is 0. The summed E-state index contributed by atoms with van der Waals surface area (Å²) in [5.74, 6) is 0. The fourth-order valence-corrected chi connectivity index (χ4v) is 5.61. The molecular formula is C40H73NO2. The van der Waals surface area contributed by atoms with E-state index in [0.29, 0.717) is 0 Å². The standard InChI is InChI=1S/C40H73NO2/c1-3-5-7-9-11-13-15-17-19-21-23-25-27-29-31-33-35-42-39-37-41-38-40(39)43-36-34-32-30-28-26-24-22-20-18-16-14-12-10-8-6-4-2/h11-14,17-20,39-41H,3-10,15-16,21-38H2,1-2H3/b13-11-,14-12-,19-17-,20-18-/t39-,40?/m0/s1. The van der Waals surface area contributed by atoms with E-state index in [0.717, 1.165) is 39.1 Å². The highest BCUT2D eigenvalue weighted by atomic mass is 16.5. The predicted molar refractivity (Wildman–Crippen MR) is 191 cm³/mol. The van der Waals surface area contributed by atoms with Crippen molar-refractivity contribution in [3.05, 3.63) is 48.6 Å². The highest BCUT2D eigenvalue weighted by Crippen LogP contribution is 2.14. The summed E-state index contributed by atoms with van der Waals surface area (Å²) < 4.78 is 12.4. The van der Waals surface area contributed by atoms with Gasteiger partial charge in [-0.15, -0.1) is 0 Å². The molecule has 0 bridgehead atoms. The van der Waals surface area contributed by atoms with Gasteiger partial charge in [-0.1, -0.05) is 140 Å². The normalized spacial score (nSPS) is 17.6. The maximum atomic E-state index is 6.21. The van der Waals surface area contributed by atoms with E-state index in [9.17, 15) is 0 Å². The highest BCUT2D eigenvalue weighted by Gasteiger charge is 2.28. The zero-order valence-electron chi connectivity index (χ0n) is 28.9. The first-order valence-electron chi connectivity index (χ1n) is 18.9. The smallest absolute Gasteiger partial charge is 0.0973 e. The number of rotatable bonds is 32. The molecule has 0 spiro atoms. The molecule has 1 saturated heterocycles. The van der Waals surface area contributed by atoms with E-state index in [1.54, 1.807) is 0 Å². The van der Waals surface area contributed by atoms with Crippen LogP contribution in [0.15, 0.2) is 48.6 Å². The first-order valence-corrected chi connectivity index (χ1v) is 18.9. The Bertz CT molecular complexity index is 611. The summed E-state index contributed by atoms with van der Waals surface area (Å²) in [6.07, 6.45) is 50.1. The molecule has 250 valence electrons. The number of hydrogen-bond donors (Lipinski definition) is 1. The van der Waals surface area contributed by atoms with Crippen molar-refractivity contribution in [2.45, 2.75) is 180 Å². The Morgan fingerprint density at radius 3 is 1.12 bits per heavy atom. The molecule has 0 aromatic carbocycles. The minimum atomic E-state index is 0.238. The van der Waals surface area contributed by atoms with Crippen LogP contribution in [0.3, 0.4) is 0 Å². The lowest BCUT2D eigenvalue weighted by atomic mass is 10.1. The van der Waals surface area contributed by atoms with Gasteiger partial charge in [-0.3, -0.25) is 0 Å². The molecule has 3 nitrogen and oxygen atoms in total. The molecule has 3 heteroatoms. The van der Waals surface area contributed by atoms with Crippen molar-refractivity contribution in [1.29, 1.82) is 0 Å². The van der Waals surface area contributed by atoms with Crippen molar-refractivity contribution in [3.8, 4) is 0 Å². The third-order valence-electron chi connectivity index (χ3n) is 8.46. The van der Waals surface area contributed by atoms with Crippen molar-refractivity contribution in [2.75, 3.05) is 26.3 Å². The van der Waals surface area contributed by atoms with Gasteiger partial charge in [0.1, 0.15) is 0 Å². The van der Waals surface area contributed by atoms with Crippen LogP contribution in [0.1, 0.15) is 168 Å². The van der Waals surface area contributed by atoms with Crippen LogP contribution in [0.5, 0.6) is 0 Å². The first kappa shape index (κ1) is 39.9. The van der Waals surface area contributed by atoms with Gasteiger partial charge in [0.25, 0.3) is 0 Å². The molecule has 1 unspecified atom stereocenters. The lowest BCUT2D eigenvalue weighted by molar-refractivity contribution is -0.0481. The maximum absolute atomic E-state index is 6.21. The molecule has 1 aliphatic rings. The van der Waals surface area contributed by atoms with Crippen LogP contribution in [-0.4, -0.2) is 38.5 Å². The second-order valence-electron chi connectivity index (χ2n) is 12.6.